The fourth-order valence-corrected chi connectivity index (χ4v) is 4.28. The van der Waals surface area contributed by atoms with Crippen LogP contribution in [0.5, 0.6) is 0 Å². The van der Waals surface area contributed by atoms with Gasteiger partial charge in [0.2, 0.25) is 0 Å². The molecule has 0 saturated carbocycles. The molecule has 0 atom stereocenters. The van der Waals surface area contributed by atoms with E-state index < -0.39 is 0 Å². The quantitative estimate of drug-likeness (QED) is 0.194. The Bertz CT molecular complexity index is 1120. The molecule has 0 bridgehead atoms. The van der Waals surface area contributed by atoms with E-state index in [0.717, 1.165) is 73.6 Å². The number of halogens is 1. The van der Waals surface area contributed by atoms with Crippen LogP contribution >= 0.6 is 0 Å². The highest BCUT2D eigenvalue weighted by Crippen LogP contribution is 2.30. The summed E-state index contributed by atoms with van der Waals surface area (Å²) in [6, 6.07) is 9.07. The van der Waals surface area contributed by atoms with Crippen molar-refractivity contribution in [2.45, 2.75) is 60.8 Å². The van der Waals surface area contributed by atoms with Crippen molar-refractivity contribution < 1.29 is 4.39 Å². The summed E-state index contributed by atoms with van der Waals surface area (Å²) in [6.45, 7) is 19.7. The van der Waals surface area contributed by atoms with Gasteiger partial charge in [-0.2, -0.15) is 5.26 Å². The molecule has 1 heterocycles. The van der Waals surface area contributed by atoms with Crippen molar-refractivity contribution in [3.05, 3.63) is 101 Å². The lowest BCUT2D eigenvalue weighted by Crippen LogP contribution is -2.43. The molecule has 0 aromatic heterocycles. The Morgan fingerprint density at radius 1 is 1.18 bits per heavy atom. The maximum Gasteiger partial charge on any atom is 0.131 e. The highest BCUT2D eigenvalue weighted by Gasteiger charge is 2.20. The smallest absolute Gasteiger partial charge is 0.131 e. The molecule has 4 nitrogen and oxygen atoms in total. The molecule has 1 N–H and O–H groups in total. The summed E-state index contributed by atoms with van der Waals surface area (Å²) in [7, 11) is 0. The van der Waals surface area contributed by atoms with Crippen LogP contribution in [0, 0.1) is 17.1 Å². The van der Waals surface area contributed by atoms with Crippen molar-refractivity contribution in [2.24, 2.45) is 4.99 Å². The third-order valence-corrected chi connectivity index (χ3v) is 6.14. The van der Waals surface area contributed by atoms with Crippen LogP contribution in [0.25, 0.3) is 5.57 Å². The van der Waals surface area contributed by atoms with Crippen LogP contribution in [-0.2, 0) is 0 Å². The van der Waals surface area contributed by atoms with Gasteiger partial charge in [0.05, 0.1) is 11.6 Å². The molecule has 1 aliphatic heterocycles. The van der Waals surface area contributed by atoms with Gasteiger partial charge in [0.15, 0.2) is 0 Å². The molecule has 0 aliphatic carbocycles. The monoisotopic (exact) mass is 516 g/mol. The molecule has 38 heavy (non-hydrogen) atoms. The zero-order chi connectivity index (χ0) is 28.3. The van der Waals surface area contributed by atoms with Crippen molar-refractivity contribution in [1.82, 2.24) is 10.2 Å². The van der Waals surface area contributed by atoms with Crippen LogP contribution in [0.4, 0.5) is 4.39 Å². The van der Waals surface area contributed by atoms with Gasteiger partial charge < -0.3 is 10.2 Å². The third-order valence-electron chi connectivity index (χ3n) is 6.14. The number of piperazine rings is 1. The van der Waals surface area contributed by atoms with Gasteiger partial charge in [0.1, 0.15) is 5.82 Å². The predicted octanol–water partition coefficient (Wildman–Crippen LogP) is 8.16. The number of allylic oxidation sites excluding steroid dienone is 10. The number of hydrogen-bond donors (Lipinski definition) is 1. The first-order valence-electron chi connectivity index (χ1n) is 13.5. The summed E-state index contributed by atoms with van der Waals surface area (Å²) >= 11 is 0. The topological polar surface area (TPSA) is 51.4 Å². The Balaban J connectivity index is 0.000000442. The van der Waals surface area contributed by atoms with Crippen molar-refractivity contribution in [1.29, 1.82) is 5.26 Å². The van der Waals surface area contributed by atoms with Crippen LogP contribution in [0.3, 0.4) is 0 Å². The maximum absolute atomic E-state index is 14.4. The SMILES string of the molecule is C=CN=C(C)C(/C(=C\C)c1ccccc1F)=C(\C)N1CCNCC1.CC/C=C/C=C(C#N)\C=C(/C)CCC. The lowest BCUT2D eigenvalue weighted by atomic mass is 9.92. The third kappa shape index (κ3) is 10.9. The second-order valence-electron chi connectivity index (χ2n) is 9.09. The van der Waals surface area contributed by atoms with Gasteiger partial charge >= 0.3 is 0 Å². The Morgan fingerprint density at radius 2 is 1.87 bits per heavy atom. The zero-order valence-corrected chi connectivity index (χ0v) is 24.1. The minimum Gasteiger partial charge on any atom is -0.372 e. The highest BCUT2D eigenvalue weighted by molar-refractivity contribution is 6.12. The number of hydrogen-bond acceptors (Lipinski definition) is 4. The van der Waals surface area contributed by atoms with Gasteiger partial charge in [0.25, 0.3) is 0 Å². The number of nitrogens with zero attached hydrogens (tertiary/aromatic N) is 3. The van der Waals surface area contributed by atoms with E-state index in [2.05, 4.69) is 55.6 Å². The fraction of sp³-hybridized carbons (Fsp3) is 0.394. The van der Waals surface area contributed by atoms with Crippen molar-refractivity contribution in [3.63, 3.8) is 0 Å². The summed E-state index contributed by atoms with van der Waals surface area (Å²) < 4.78 is 14.4. The number of benzene rings is 1. The molecule has 0 unspecified atom stereocenters. The van der Waals surface area contributed by atoms with E-state index >= 15 is 0 Å². The Labute approximate surface area is 230 Å². The first-order valence-corrected chi connectivity index (χ1v) is 13.5. The molecular formula is C33H45FN4. The van der Waals surface area contributed by atoms with Gasteiger partial charge in [-0.25, -0.2) is 4.39 Å². The molecule has 2 rings (SSSR count). The second-order valence-corrected chi connectivity index (χ2v) is 9.09. The van der Waals surface area contributed by atoms with Gasteiger partial charge in [-0.15, -0.1) is 0 Å². The van der Waals surface area contributed by atoms with E-state index in [1.54, 1.807) is 6.07 Å². The number of nitrogens with one attached hydrogen (secondary N) is 1. The summed E-state index contributed by atoms with van der Waals surface area (Å²) in [5.41, 5.74) is 6.42. The number of nitriles is 1. The molecular weight excluding hydrogens is 471 g/mol. The van der Waals surface area contributed by atoms with Crippen molar-refractivity contribution in [2.75, 3.05) is 26.2 Å². The molecule has 1 aromatic rings. The van der Waals surface area contributed by atoms with E-state index in [0.29, 0.717) is 5.56 Å². The number of rotatable bonds is 10. The van der Waals surface area contributed by atoms with Crippen LogP contribution in [0.15, 0.2) is 94.8 Å². The Kier molecular flexibility index (Phi) is 16.0. The van der Waals surface area contributed by atoms with Crippen LogP contribution in [-0.4, -0.2) is 36.8 Å². The fourth-order valence-electron chi connectivity index (χ4n) is 4.28. The first-order chi connectivity index (χ1) is 18.3. The minimum atomic E-state index is -0.220. The van der Waals surface area contributed by atoms with Crippen LogP contribution in [0.1, 0.15) is 66.4 Å². The average Bonchev–Trinajstić information content (AvgIpc) is 2.92. The van der Waals surface area contributed by atoms with E-state index in [1.807, 2.05) is 56.4 Å². The van der Waals surface area contributed by atoms with Crippen LogP contribution < -0.4 is 5.32 Å². The summed E-state index contributed by atoms with van der Waals surface area (Å²) in [4.78, 5) is 6.71. The molecule has 0 radical (unpaired) electrons. The summed E-state index contributed by atoms with van der Waals surface area (Å²) in [5, 5.41) is 12.2. The van der Waals surface area contributed by atoms with E-state index in [4.69, 9.17) is 5.26 Å². The molecule has 0 spiro atoms. The predicted molar refractivity (Wildman–Crippen MR) is 162 cm³/mol. The lowest BCUT2D eigenvalue weighted by Gasteiger charge is -2.32. The van der Waals surface area contributed by atoms with Gasteiger partial charge in [-0.05, 0) is 64.3 Å². The van der Waals surface area contributed by atoms with Crippen molar-refractivity contribution in [3.8, 4) is 6.07 Å². The maximum atomic E-state index is 14.4. The summed E-state index contributed by atoms with van der Waals surface area (Å²) in [5.74, 6) is -0.220. The first kappa shape index (κ1) is 32.5. The molecule has 0 amide bonds. The molecule has 204 valence electrons. The Hall–Kier alpha value is -3.49. The van der Waals surface area contributed by atoms with Crippen molar-refractivity contribution >= 4 is 11.3 Å². The van der Waals surface area contributed by atoms with Crippen LogP contribution in [0.2, 0.25) is 0 Å². The van der Waals surface area contributed by atoms with E-state index in [-0.39, 0.29) is 5.82 Å². The molecule has 1 fully saturated rings. The standard InChI is InChI=1S/C20H26FN3.C13H19N/c1-5-17(18-9-7-8-10-19(18)21)20(15(3)23-6-2)16(4)24-13-11-22-12-14-24;1-4-6-7-9-13(11-14)10-12(3)8-5-2/h5-10,22H,2,11-14H2,1,3-4H3;6-7,9-10H,4-5,8H2,1-3H3/b17-5-,20-16-,23-15?;7-6+,12-10+,13-9+. The highest BCUT2D eigenvalue weighted by atomic mass is 19.1. The summed E-state index contributed by atoms with van der Waals surface area (Å²) in [6.07, 6.45) is 14.5. The largest absolute Gasteiger partial charge is 0.372 e. The van der Waals surface area contributed by atoms with E-state index in [9.17, 15) is 4.39 Å². The Morgan fingerprint density at radius 3 is 2.42 bits per heavy atom. The molecule has 1 saturated heterocycles. The van der Waals surface area contributed by atoms with Gasteiger partial charge in [0, 0.05) is 54.9 Å². The molecule has 1 aliphatic rings. The molecule has 1 aromatic carbocycles. The average molecular weight is 517 g/mol. The normalized spacial score (nSPS) is 16.0. The lowest BCUT2D eigenvalue weighted by molar-refractivity contribution is 0.299. The second kappa shape index (κ2) is 18.7. The van der Waals surface area contributed by atoms with Gasteiger partial charge in [-0.3, -0.25) is 4.99 Å². The van der Waals surface area contributed by atoms with E-state index in [1.165, 1.54) is 17.8 Å². The zero-order valence-electron chi connectivity index (χ0n) is 24.1. The van der Waals surface area contributed by atoms with Gasteiger partial charge in [-0.1, -0.05) is 68.8 Å². The number of aliphatic imine (C=N–C) groups is 1. The molecule has 5 heteroatoms. The minimum absolute atomic E-state index is 0.220.